The maximum absolute atomic E-state index is 13.3. The van der Waals surface area contributed by atoms with Gasteiger partial charge in [-0.1, -0.05) is 6.07 Å². The standard InChI is InChI=1S/C26H29N7O2/c1-16(2)32-25(34)22-15-29-26(30-19-7-6-17-8-10-27-14-18(17)12-19)31-24(22)33(32)20-9-11-28-23(13-20)35-21-4-3-5-21/h6-7,9,11-13,15-16,21,27H,3-5,8,10,14H2,1-2H3,(H,29,30,31). The highest BCUT2D eigenvalue weighted by Gasteiger charge is 2.22. The number of nitrogens with one attached hydrogen (secondary N) is 2. The molecular formula is C26H29N7O2. The minimum atomic E-state index is -0.125. The van der Waals surface area contributed by atoms with Crippen LogP contribution in [0.4, 0.5) is 11.6 Å². The zero-order valence-corrected chi connectivity index (χ0v) is 20.0. The molecule has 0 atom stereocenters. The summed E-state index contributed by atoms with van der Waals surface area (Å²) in [7, 11) is 0. The Bertz CT molecular complexity index is 1450. The van der Waals surface area contributed by atoms with Crippen molar-refractivity contribution in [3.05, 3.63) is 64.2 Å². The maximum atomic E-state index is 13.3. The minimum Gasteiger partial charge on any atom is -0.474 e. The van der Waals surface area contributed by atoms with Gasteiger partial charge in [-0.05, 0) is 75.4 Å². The van der Waals surface area contributed by atoms with Crippen molar-refractivity contribution in [1.29, 1.82) is 0 Å². The summed E-state index contributed by atoms with van der Waals surface area (Å²) in [5, 5.41) is 7.20. The smallest absolute Gasteiger partial charge is 0.278 e. The van der Waals surface area contributed by atoms with Gasteiger partial charge in [0.15, 0.2) is 5.65 Å². The number of rotatable bonds is 6. The van der Waals surface area contributed by atoms with Crippen molar-refractivity contribution in [3.63, 3.8) is 0 Å². The summed E-state index contributed by atoms with van der Waals surface area (Å²) in [4.78, 5) is 26.9. The third-order valence-corrected chi connectivity index (χ3v) is 6.76. The third kappa shape index (κ3) is 4.05. The maximum Gasteiger partial charge on any atom is 0.278 e. The lowest BCUT2D eigenvalue weighted by atomic mass is 9.96. The van der Waals surface area contributed by atoms with E-state index in [1.165, 1.54) is 17.5 Å². The zero-order chi connectivity index (χ0) is 23.9. The second-order valence-electron chi connectivity index (χ2n) is 9.54. The highest BCUT2D eigenvalue weighted by Crippen LogP contribution is 2.27. The molecule has 0 amide bonds. The molecule has 1 saturated carbocycles. The van der Waals surface area contributed by atoms with Crippen molar-refractivity contribution in [1.82, 2.24) is 29.6 Å². The molecule has 4 aromatic rings. The highest BCUT2D eigenvalue weighted by molar-refractivity contribution is 5.77. The van der Waals surface area contributed by atoms with Gasteiger partial charge in [-0.3, -0.25) is 4.79 Å². The summed E-state index contributed by atoms with van der Waals surface area (Å²) in [6.07, 6.45) is 7.86. The van der Waals surface area contributed by atoms with Crippen molar-refractivity contribution in [2.24, 2.45) is 0 Å². The molecule has 6 rings (SSSR count). The Morgan fingerprint density at radius 1 is 1.14 bits per heavy atom. The van der Waals surface area contributed by atoms with Gasteiger partial charge in [-0.25, -0.2) is 19.3 Å². The van der Waals surface area contributed by atoms with Crippen LogP contribution in [0.25, 0.3) is 16.7 Å². The van der Waals surface area contributed by atoms with E-state index in [0.29, 0.717) is 22.9 Å². The lowest BCUT2D eigenvalue weighted by molar-refractivity contribution is 0.114. The summed E-state index contributed by atoms with van der Waals surface area (Å²) >= 11 is 0. The first-order valence-corrected chi connectivity index (χ1v) is 12.3. The van der Waals surface area contributed by atoms with Gasteiger partial charge in [-0.2, -0.15) is 4.98 Å². The van der Waals surface area contributed by atoms with Gasteiger partial charge in [0, 0.05) is 36.7 Å². The molecule has 9 nitrogen and oxygen atoms in total. The van der Waals surface area contributed by atoms with Crippen LogP contribution >= 0.6 is 0 Å². The fourth-order valence-electron chi connectivity index (χ4n) is 4.72. The Kier molecular flexibility index (Phi) is 5.49. The van der Waals surface area contributed by atoms with E-state index in [-0.39, 0.29) is 17.7 Å². The van der Waals surface area contributed by atoms with Crippen molar-refractivity contribution in [3.8, 4) is 11.6 Å². The second kappa shape index (κ2) is 8.81. The van der Waals surface area contributed by atoms with Gasteiger partial charge in [0.1, 0.15) is 11.5 Å². The number of hydrogen-bond acceptors (Lipinski definition) is 7. The Balaban J connectivity index is 1.41. The Labute approximate surface area is 203 Å². The molecule has 0 bridgehead atoms. The lowest BCUT2D eigenvalue weighted by Crippen LogP contribution is -2.26. The molecular weight excluding hydrogens is 442 g/mol. The zero-order valence-electron chi connectivity index (χ0n) is 20.0. The molecule has 2 N–H and O–H groups in total. The van der Waals surface area contributed by atoms with E-state index < -0.39 is 0 Å². The number of ether oxygens (including phenoxy) is 1. The van der Waals surface area contributed by atoms with Crippen LogP contribution in [-0.4, -0.2) is 37.0 Å². The van der Waals surface area contributed by atoms with E-state index in [1.54, 1.807) is 17.1 Å². The summed E-state index contributed by atoms with van der Waals surface area (Å²) in [6, 6.07) is 10.0. The van der Waals surface area contributed by atoms with E-state index in [9.17, 15) is 4.79 Å². The molecule has 1 aliphatic heterocycles. The van der Waals surface area contributed by atoms with E-state index in [2.05, 4.69) is 38.8 Å². The van der Waals surface area contributed by atoms with Gasteiger partial charge < -0.3 is 15.4 Å². The second-order valence-corrected chi connectivity index (χ2v) is 9.54. The highest BCUT2D eigenvalue weighted by atomic mass is 16.5. The lowest BCUT2D eigenvalue weighted by Gasteiger charge is -2.26. The Morgan fingerprint density at radius 2 is 2.03 bits per heavy atom. The molecule has 0 unspecified atom stereocenters. The van der Waals surface area contributed by atoms with Gasteiger partial charge in [0.2, 0.25) is 11.8 Å². The molecule has 0 spiro atoms. The number of pyridine rings is 1. The van der Waals surface area contributed by atoms with Crippen LogP contribution in [0.3, 0.4) is 0 Å². The summed E-state index contributed by atoms with van der Waals surface area (Å²) in [6.45, 7) is 5.83. The first kappa shape index (κ1) is 21.8. The summed E-state index contributed by atoms with van der Waals surface area (Å²) < 4.78 is 9.57. The predicted molar refractivity (Wildman–Crippen MR) is 135 cm³/mol. The van der Waals surface area contributed by atoms with Crippen LogP contribution in [0.1, 0.15) is 50.3 Å². The molecule has 180 valence electrons. The number of hydrogen-bond donors (Lipinski definition) is 2. The largest absolute Gasteiger partial charge is 0.474 e. The van der Waals surface area contributed by atoms with Gasteiger partial charge in [0.25, 0.3) is 5.56 Å². The summed E-state index contributed by atoms with van der Waals surface area (Å²) in [5.41, 5.74) is 4.76. The first-order chi connectivity index (χ1) is 17.1. The molecule has 35 heavy (non-hydrogen) atoms. The minimum absolute atomic E-state index is 0.0783. The molecule has 0 saturated heterocycles. The number of nitrogens with zero attached hydrogens (tertiary/aromatic N) is 5. The van der Waals surface area contributed by atoms with Crippen molar-refractivity contribution in [2.75, 3.05) is 11.9 Å². The molecule has 2 aliphatic rings. The Morgan fingerprint density at radius 3 is 2.83 bits per heavy atom. The molecule has 9 heteroatoms. The van der Waals surface area contributed by atoms with Crippen molar-refractivity contribution in [2.45, 2.75) is 58.2 Å². The van der Waals surface area contributed by atoms with E-state index in [0.717, 1.165) is 43.7 Å². The number of fused-ring (bicyclic) bond motifs is 2. The molecule has 4 heterocycles. The van der Waals surface area contributed by atoms with Crippen LogP contribution in [0.5, 0.6) is 5.88 Å². The van der Waals surface area contributed by atoms with Crippen molar-refractivity contribution >= 4 is 22.7 Å². The molecule has 1 fully saturated rings. The summed E-state index contributed by atoms with van der Waals surface area (Å²) in [5.74, 6) is 1.00. The predicted octanol–water partition coefficient (Wildman–Crippen LogP) is 3.88. The average molecular weight is 472 g/mol. The normalized spacial score (nSPS) is 15.7. The van der Waals surface area contributed by atoms with Gasteiger partial charge in [0.05, 0.1) is 5.69 Å². The first-order valence-electron chi connectivity index (χ1n) is 12.3. The molecule has 3 aromatic heterocycles. The van der Waals surface area contributed by atoms with E-state index in [1.807, 2.05) is 30.7 Å². The monoisotopic (exact) mass is 471 g/mol. The van der Waals surface area contributed by atoms with Crippen molar-refractivity contribution < 1.29 is 4.74 Å². The van der Waals surface area contributed by atoms with Crippen LogP contribution in [0.2, 0.25) is 0 Å². The molecule has 0 radical (unpaired) electrons. The van der Waals surface area contributed by atoms with Gasteiger partial charge in [-0.15, -0.1) is 0 Å². The number of anilines is 2. The molecule has 1 aromatic carbocycles. The number of aromatic nitrogens is 5. The van der Waals surface area contributed by atoms with Crippen LogP contribution in [-0.2, 0) is 13.0 Å². The third-order valence-electron chi connectivity index (χ3n) is 6.76. The Hall–Kier alpha value is -3.72. The molecule has 1 aliphatic carbocycles. The SMILES string of the molecule is CC(C)n1c(=O)c2cnc(Nc3ccc4c(c3)CNCC4)nc2n1-c1ccnc(OC2CCC2)c1. The quantitative estimate of drug-likeness (QED) is 0.440. The van der Waals surface area contributed by atoms with Crippen LogP contribution in [0.15, 0.2) is 47.5 Å². The average Bonchev–Trinajstić information content (AvgIpc) is 3.13. The fourth-order valence-corrected chi connectivity index (χ4v) is 4.72. The van der Waals surface area contributed by atoms with Crippen LogP contribution < -0.4 is 20.9 Å². The van der Waals surface area contributed by atoms with E-state index in [4.69, 9.17) is 9.72 Å². The van der Waals surface area contributed by atoms with Gasteiger partial charge >= 0.3 is 0 Å². The topological polar surface area (TPSA) is 98.9 Å². The fraction of sp³-hybridized carbons (Fsp3) is 0.385. The number of benzene rings is 1. The van der Waals surface area contributed by atoms with Crippen LogP contribution in [0, 0.1) is 0 Å². The van der Waals surface area contributed by atoms with E-state index >= 15 is 0 Å².